The first-order valence-electron chi connectivity index (χ1n) is 10.6. The quantitative estimate of drug-likeness (QED) is 0.366. The zero-order valence-corrected chi connectivity index (χ0v) is 19.5. The van der Waals surface area contributed by atoms with E-state index in [0.29, 0.717) is 12.1 Å². The number of nitrogens with zero attached hydrogens (tertiary/aromatic N) is 2. The van der Waals surface area contributed by atoms with Crippen molar-refractivity contribution in [3.8, 4) is 0 Å². The van der Waals surface area contributed by atoms with Gasteiger partial charge in [-0.05, 0) is 43.3 Å². The van der Waals surface area contributed by atoms with Gasteiger partial charge >= 0.3 is 12.1 Å². The Hall–Kier alpha value is -4.00. The number of benzene rings is 2. The average Bonchev–Trinajstić information content (AvgIpc) is 3.17. The number of rotatable bonds is 5. The van der Waals surface area contributed by atoms with Gasteiger partial charge in [0.2, 0.25) is 11.7 Å². The summed E-state index contributed by atoms with van der Waals surface area (Å²) in [6.07, 6.45) is -4.93. The minimum Gasteiger partial charge on any atom is -0.460 e. The van der Waals surface area contributed by atoms with Crippen LogP contribution < -0.4 is 10.6 Å². The van der Waals surface area contributed by atoms with E-state index >= 15 is 0 Å². The Kier molecular flexibility index (Phi) is 6.91. The molecule has 0 bridgehead atoms. The Balaban J connectivity index is 1.85. The number of ether oxygens (including phenoxy) is 1. The fraction of sp³-hybridized carbons (Fsp3) is 0.217. The number of anilines is 1. The number of fused-ring (bicyclic) bond motifs is 1. The fourth-order valence-electron chi connectivity index (χ4n) is 3.81. The van der Waals surface area contributed by atoms with Gasteiger partial charge in [-0.3, -0.25) is 9.59 Å². The topological polar surface area (TPSA) is 102 Å². The van der Waals surface area contributed by atoms with Crippen LogP contribution in [0.2, 0.25) is 5.02 Å². The molecule has 1 aliphatic rings. The molecule has 194 valence electrons. The predicted molar refractivity (Wildman–Crippen MR) is 119 cm³/mol. The van der Waals surface area contributed by atoms with E-state index in [1.54, 1.807) is 0 Å². The second kappa shape index (κ2) is 9.81. The van der Waals surface area contributed by atoms with Gasteiger partial charge in [-0.15, -0.1) is 0 Å². The number of alkyl halides is 3. The van der Waals surface area contributed by atoms with Gasteiger partial charge in [0.05, 0.1) is 23.9 Å². The summed E-state index contributed by atoms with van der Waals surface area (Å²) in [4.78, 5) is 41.9. The largest absolute Gasteiger partial charge is 0.460 e. The molecule has 0 saturated heterocycles. The van der Waals surface area contributed by atoms with Crippen LogP contribution in [0, 0.1) is 11.6 Å². The van der Waals surface area contributed by atoms with Gasteiger partial charge < -0.3 is 19.9 Å². The van der Waals surface area contributed by atoms with Gasteiger partial charge in [0.15, 0.2) is 5.82 Å². The van der Waals surface area contributed by atoms with E-state index in [0.717, 1.165) is 16.7 Å². The molecule has 0 radical (unpaired) electrons. The molecule has 0 aliphatic carbocycles. The fourth-order valence-corrected chi connectivity index (χ4v) is 4.03. The molecule has 0 fully saturated rings. The van der Waals surface area contributed by atoms with Crippen molar-refractivity contribution in [2.45, 2.75) is 25.7 Å². The third kappa shape index (κ3) is 5.26. The SMILES string of the molecule is CCOC(=O)c1nc(NC(=O)c2cc(F)cc(C(F)(F)F)c2)c2n1CC(=O)N[C@H]2c1cc(F)ccc1Cl. The maximum absolute atomic E-state index is 14.0. The van der Waals surface area contributed by atoms with Gasteiger partial charge in [-0.1, -0.05) is 11.6 Å². The molecule has 2 N–H and O–H groups in total. The van der Waals surface area contributed by atoms with Crippen LogP contribution in [0.4, 0.5) is 27.8 Å². The first-order valence-corrected chi connectivity index (χ1v) is 11.0. The highest BCUT2D eigenvalue weighted by atomic mass is 35.5. The molecule has 1 aliphatic heterocycles. The Morgan fingerprint density at radius 2 is 1.92 bits per heavy atom. The van der Waals surface area contributed by atoms with Gasteiger partial charge in [0.1, 0.15) is 18.2 Å². The van der Waals surface area contributed by atoms with E-state index in [-0.39, 0.29) is 34.8 Å². The molecule has 8 nitrogen and oxygen atoms in total. The van der Waals surface area contributed by atoms with Crippen LogP contribution in [0.5, 0.6) is 0 Å². The van der Waals surface area contributed by atoms with Crippen LogP contribution in [0.25, 0.3) is 0 Å². The molecule has 1 atom stereocenters. The van der Waals surface area contributed by atoms with Gasteiger partial charge in [-0.25, -0.2) is 18.6 Å². The van der Waals surface area contributed by atoms with E-state index in [1.807, 2.05) is 0 Å². The van der Waals surface area contributed by atoms with Crippen molar-refractivity contribution in [2.75, 3.05) is 11.9 Å². The van der Waals surface area contributed by atoms with Crippen LogP contribution in [0.15, 0.2) is 36.4 Å². The standard InChI is InChI=1S/C23H16ClF5N4O4/c1-2-37-22(36)20-31-19(32-21(35)10-5-11(23(27,28)29)7-13(26)6-10)18-17(30-16(34)9-33(18)20)14-8-12(25)3-4-15(14)24/h3-8,17H,2,9H2,1H3,(H,30,34)(H,32,35)/t17-/m0/s1. The number of carbonyl (C=O) groups excluding carboxylic acids is 3. The lowest BCUT2D eigenvalue weighted by molar-refractivity contribution is -0.137. The Morgan fingerprint density at radius 1 is 1.19 bits per heavy atom. The molecule has 4 rings (SSSR count). The first-order chi connectivity index (χ1) is 17.4. The number of amides is 2. The third-order valence-electron chi connectivity index (χ3n) is 5.33. The summed E-state index contributed by atoms with van der Waals surface area (Å²) < 4.78 is 73.4. The van der Waals surface area contributed by atoms with Crippen LogP contribution in [-0.2, 0) is 22.3 Å². The molecular weight excluding hydrogens is 527 g/mol. The summed E-state index contributed by atoms with van der Waals surface area (Å²) in [6.45, 7) is 1.01. The molecule has 1 aromatic heterocycles. The molecule has 2 amide bonds. The average molecular weight is 543 g/mol. The molecule has 0 unspecified atom stereocenters. The summed E-state index contributed by atoms with van der Waals surface area (Å²) in [5, 5.41) is 4.85. The Morgan fingerprint density at radius 3 is 2.59 bits per heavy atom. The maximum Gasteiger partial charge on any atom is 0.416 e. The normalized spacial score (nSPS) is 15.1. The van der Waals surface area contributed by atoms with Crippen molar-refractivity contribution in [3.05, 3.63) is 81.3 Å². The molecule has 2 aromatic carbocycles. The molecule has 0 saturated carbocycles. The second-order valence-corrected chi connectivity index (χ2v) is 8.23. The smallest absolute Gasteiger partial charge is 0.416 e. The first kappa shape index (κ1) is 26.1. The minimum atomic E-state index is -4.93. The molecule has 14 heteroatoms. The third-order valence-corrected chi connectivity index (χ3v) is 5.68. The number of hydrogen-bond acceptors (Lipinski definition) is 5. The lowest BCUT2D eigenvalue weighted by Crippen LogP contribution is -2.40. The van der Waals surface area contributed by atoms with Crippen LogP contribution in [-0.4, -0.2) is 33.9 Å². The highest BCUT2D eigenvalue weighted by Gasteiger charge is 2.37. The van der Waals surface area contributed by atoms with Gasteiger partial charge in [0, 0.05) is 16.1 Å². The minimum absolute atomic E-state index is 0.0243. The van der Waals surface area contributed by atoms with E-state index in [1.165, 1.54) is 13.0 Å². The number of imidazole rings is 1. The molecule has 37 heavy (non-hydrogen) atoms. The Bertz CT molecular complexity index is 1420. The highest BCUT2D eigenvalue weighted by molar-refractivity contribution is 6.31. The van der Waals surface area contributed by atoms with Crippen molar-refractivity contribution in [1.82, 2.24) is 14.9 Å². The Labute approximate surface area is 210 Å². The number of carbonyl (C=O) groups is 3. The number of esters is 1. The van der Waals surface area contributed by atoms with Crippen LogP contribution in [0.1, 0.15) is 50.8 Å². The summed E-state index contributed by atoms with van der Waals surface area (Å²) in [7, 11) is 0. The number of nitrogens with one attached hydrogen (secondary N) is 2. The van der Waals surface area contributed by atoms with Crippen LogP contribution >= 0.6 is 11.6 Å². The van der Waals surface area contributed by atoms with Crippen molar-refractivity contribution in [2.24, 2.45) is 0 Å². The van der Waals surface area contributed by atoms with Crippen LogP contribution in [0.3, 0.4) is 0 Å². The zero-order chi connectivity index (χ0) is 27.1. The second-order valence-electron chi connectivity index (χ2n) is 7.82. The predicted octanol–water partition coefficient (Wildman–Crippen LogP) is 4.48. The van der Waals surface area contributed by atoms with E-state index in [2.05, 4.69) is 15.6 Å². The molecule has 2 heterocycles. The lowest BCUT2D eigenvalue weighted by atomic mass is 10.0. The van der Waals surface area contributed by atoms with Gasteiger partial charge in [0.25, 0.3) is 5.91 Å². The molecule has 3 aromatic rings. The van der Waals surface area contributed by atoms with Crippen molar-refractivity contribution < 1.29 is 41.1 Å². The van der Waals surface area contributed by atoms with Gasteiger partial charge in [-0.2, -0.15) is 13.2 Å². The zero-order valence-electron chi connectivity index (χ0n) is 18.8. The summed E-state index contributed by atoms with van der Waals surface area (Å²) in [6, 6.07) is 3.35. The highest BCUT2D eigenvalue weighted by Crippen LogP contribution is 2.36. The maximum atomic E-state index is 14.0. The molecule has 0 spiro atoms. The molecular formula is C23H16ClF5N4O4. The van der Waals surface area contributed by atoms with E-state index in [4.69, 9.17) is 16.3 Å². The lowest BCUT2D eigenvalue weighted by Gasteiger charge is -2.28. The van der Waals surface area contributed by atoms with Crippen molar-refractivity contribution in [1.29, 1.82) is 0 Å². The number of halogens is 6. The summed E-state index contributed by atoms with van der Waals surface area (Å²) in [5.74, 6) is -5.56. The van der Waals surface area contributed by atoms with Crippen molar-refractivity contribution >= 4 is 35.2 Å². The summed E-state index contributed by atoms with van der Waals surface area (Å²) in [5.41, 5.74) is -2.07. The van der Waals surface area contributed by atoms with E-state index in [9.17, 15) is 36.3 Å². The van der Waals surface area contributed by atoms with E-state index < -0.39 is 65.1 Å². The number of hydrogen-bond donors (Lipinski definition) is 2. The number of aromatic nitrogens is 2. The monoisotopic (exact) mass is 542 g/mol. The van der Waals surface area contributed by atoms with Crippen molar-refractivity contribution in [3.63, 3.8) is 0 Å². The summed E-state index contributed by atoms with van der Waals surface area (Å²) >= 11 is 6.22.